The Kier molecular flexibility index (Phi) is 4.77. The molecular formula is C4H6BrI. The molecule has 0 aromatic heterocycles. The molecule has 0 saturated carbocycles. The summed E-state index contributed by atoms with van der Waals surface area (Å²) in [4.78, 5) is 0. The summed E-state index contributed by atoms with van der Waals surface area (Å²) >= 11 is 5.59. The van der Waals surface area contributed by atoms with Crippen LogP contribution in [0, 0.1) is 0 Å². The van der Waals surface area contributed by atoms with Crippen LogP contribution in [0.5, 0.6) is 0 Å². The molecule has 0 aromatic carbocycles. The van der Waals surface area contributed by atoms with E-state index < -0.39 is 0 Å². The van der Waals surface area contributed by atoms with E-state index in [0.717, 1.165) is 4.43 Å². The zero-order valence-corrected chi connectivity index (χ0v) is 7.28. The molecule has 0 spiro atoms. The van der Waals surface area contributed by atoms with E-state index in [9.17, 15) is 0 Å². The van der Waals surface area contributed by atoms with E-state index in [2.05, 4.69) is 44.6 Å². The van der Waals surface area contributed by atoms with Crippen LogP contribution in [0.25, 0.3) is 0 Å². The largest absolute Gasteiger partial charge is 0.0818 e. The number of halogens is 2. The second kappa shape index (κ2) is 4.12. The zero-order valence-electron chi connectivity index (χ0n) is 3.54. The van der Waals surface area contributed by atoms with Gasteiger partial charge in [-0.15, -0.1) is 0 Å². The van der Waals surface area contributed by atoms with Gasteiger partial charge in [-0.05, 0) is 11.4 Å². The van der Waals surface area contributed by atoms with Gasteiger partial charge in [0.05, 0.1) is 0 Å². The van der Waals surface area contributed by atoms with Crippen molar-refractivity contribution < 1.29 is 0 Å². The maximum absolute atomic E-state index is 3.29. The molecule has 0 amide bonds. The molecule has 36 valence electrons. The maximum atomic E-state index is 3.29. The predicted molar refractivity (Wildman–Crippen MR) is 41.6 cm³/mol. The third-order valence-corrected chi connectivity index (χ3v) is 1.12. The summed E-state index contributed by atoms with van der Waals surface area (Å²) in [6.45, 7) is 2.03. The summed E-state index contributed by atoms with van der Waals surface area (Å²) in [6, 6.07) is 0. The van der Waals surface area contributed by atoms with Crippen LogP contribution in [-0.4, -0.2) is 4.43 Å². The molecule has 0 atom stereocenters. The van der Waals surface area contributed by atoms with Crippen molar-refractivity contribution >= 4 is 38.5 Å². The summed E-state index contributed by atoms with van der Waals surface area (Å²) in [7, 11) is 0. The van der Waals surface area contributed by atoms with Crippen molar-refractivity contribution in [3.8, 4) is 0 Å². The van der Waals surface area contributed by atoms with Crippen molar-refractivity contribution in [1.29, 1.82) is 0 Å². The Morgan fingerprint density at radius 1 is 2.00 bits per heavy atom. The Hall–Kier alpha value is 0.950. The van der Waals surface area contributed by atoms with Gasteiger partial charge >= 0.3 is 0 Å². The van der Waals surface area contributed by atoms with Crippen molar-refractivity contribution in [3.63, 3.8) is 0 Å². The topological polar surface area (TPSA) is 0 Å². The molecule has 0 aromatic rings. The Bertz CT molecular complexity index is 54.6. The number of hydrogen-bond donors (Lipinski definition) is 0. The molecule has 0 nitrogen and oxygen atoms in total. The zero-order chi connectivity index (χ0) is 4.99. The van der Waals surface area contributed by atoms with Crippen LogP contribution in [0.1, 0.15) is 6.92 Å². The highest BCUT2D eigenvalue weighted by molar-refractivity contribution is 14.1. The lowest BCUT2D eigenvalue weighted by atomic mass is 10.6. The fourth-order valence-electron chi connectivity index (χ4n) is 0.106. The summed E-state index contributed by atoms with van der Waals surface area (Å²) in [5.41, 5.74) is 0. The molecule has 0 aliphatic rings. The van der Waals surface area contributed by atoms with E-state index >= 15 is 0 Å². The SMILES string of the molecule is CC(Br)=CCI. The summed E-state index contributed by atoms with van der Waals surface area (Å²) in [5.74, 6) is 0. The van der Waals surface area contributed by atoms with Crippen LogP contribution >= 0.6 is 38.5 Å². The minimum Gasteiger partial charge on any atom is -0.0818 e. The predicted octanol–water partition coefficient (Wildman–Crippen LogP) is 2.72. The number of hydrogen-bond acceptors (Lipinski definition) is 0. The normalized spacial score (nSPS) is 12.2. The molecule has 0 heterocycles. The Morgan fingerprint density at radius 3 is 2.50 bits per heavy atom. The van der Waals surface area contributed by atoms with Crippen molar-refractivity contribution in [1.82, 2.24) is 0 Å². The van der Waals surface area contributed by atoms with Gasteiger partial charge in [0.15, 0.2) is 0 Å². The van der Waals surface area contributed by atoms with Gasteiger partial charge in [-0.2, -0.15) is 0 Å². The molecule has 0 saturated heterocycles. The van der Waals surface area contributed by atoms with E-state index in [1.807, 2.05) is 6.92 Å². The summed E-state index contributed by atoms with van der Waals surface area (Å²) < 4.78 is 2.31. The molecular weight excluding hydrogens is 255 g/mol. The second-order valence-electron chi connectivity index (χ2n) is 0.945. The van der Waals surface area contributed by atoms with Gasteiger partial charge in [0, 0.05) is 4.43 Å². The van der Waals surface area contributed by atoms with Crippen LogP contribution in [0.2, 0.25) is 0 Å². The summed E-state index contributed by atoms with van der Waals surface area (Å²) in [6.07, 6.45) is 2.11. The minimum atomic E-state index is 1.09. The van der Waals surface area contributed by atoms with Gasteiger partial charge in [0.2, 0.25) is 0 Å². The highest BCUT2D eigenvalue weighted by Gasteiger charge is 1.71. The Labute approximate surface area is 60.3 Å². The fourth-order valence-corrected chi connectivity index (χ4v) is 1.53. The standard InChI is InChI=1S/C4H6BrI/c1-4(5)2-3-6/h2H,3H2,1H3. The monoisotopic (exact) mass is 260 g/mol. The number of alkyl halides is 1. The van der Waals surface area contributed by atoms with E-state index in [0.29, 0.717) is 0 Å². The third-order valence-electron chi connectivity index (χ3n) is 0.358. The molecule has 0 aliphatic heterocycles. The first-order valence-corrected chi connectivity index (χ1v) is 3.97. The van der Waals surface area contributed by atoms with Crippen molar-refractivity contribution in [2.45, 2.75) is 6.92 Å². The molecule has 0 rings (SSSR count). The van der Waals surface area contributed by atoms with E-state index in [4.69, 9.17) is 0 Å². The first-order valence-electron chi connectivity index (χ1n) is 1.65. The average molecular weight is 261 g/mol. The highest BCUT2D eigenvalue weighted by atomic mass is 127. The van der Waals surface area contributed by atoms with Gasteiger partial charge in [-0.25, -0.2) is 0 Å². The van der Waals surface area contributed by atoms with Crippen molar-refractivity contribution in [2.75, 3.05) is 4.43 Å². The molecule has 0 N–H and O–H groups in total. The van der Waals surface area contributed by atoms with Crippen molar-refractivity contribution in [3.05, 3.63) is 10.6 Å². The Morgan fingerprint density at radius 2 is 2.50 bits per heavy atom. The van der Waals surface area contributed by atoms with Gasteiger partial charge in [-0.1, -0.05) is 44.6 Å². The smallest absolute Gasteiger partial charge is 0.0186 e. The molecule has 6 heavy (non-hydrogen) atoms. The van der Waals surface area contributed by atoms with E-state index in [1.165, 1.54) is 4.48 Å². The lowest BCUT2D eigenvalue weighted by Crippen LogP contribution is -1.57. The van der Waals surface area contributed by atoms with Crippen LogP contribution in [0.15, 0.2) is 10.6 Å². The molecule has 0 radical (unpaired) electrons. The van der Waals surface area contributed by atoms with Gasteiger partial charge < -0.3 is 0 Å². The molecule has 2 heteroatoms. The van der Waals surface area contributed by atoms with Gasteiger partial charge in [-0.3, -0.25) is 0 Å². The maximum Gasteiger partial charge on any atom is 0.0186 e. The second-order valence-corrected chi connectivity index (χ2v) is 3.08. The minimum absolute atomic E-state index is 1.09. The first-order chi connectivity index (χ1) is 2.77. The van der Waals surface area contributed by atoms with Gasteiger partial charge in [0.25, 0.3) is 0 Å². The Balaban J connectivity index is 3.14. The van der Waals surface area contributed by atoms with Crippen molar-refractivity contribution in [2.24, 2.45) is 0 Å². The third kappa shape index (κ3) is 4.95. The van der Waals surface area contributed by atoms with Gasteiger partial charge in [0.1, 0.15) is 0 Å². The lowest BCUT2D eigenvalue weighted by molar-refractivity contribution is 1.65. The van der Waals surface area contributed by atoms with Crippen LogP contribution < -0.4 is 0 Å². The molecule has 0 aliphatic carbocycles. The lowest BCUT2D eigenvalue weighted by Gasteiger charge is -1.76. The van der Waals surface area contributed by atoms with E-state index in [-0.39, 0.29) is 0 Å². The highest BCUT2D eigenvalue weighted by Crippen LogP contribution is 2.01. The van der Waals surface area contributed by atoms with E-state index in [1.54, 1.807) is 0 Å². The molecule has 0 unspecified atom stereocenters. The quantitative estimate of drug-likeness (QED) is 0.502. The first kappa shape index (κ1) is 6.95. The average Bonchev–Trinajstić information content (AvgIpc) is 1.35. The summed E-state index contributed by atoms with van der Waals surface area (Å²) in [5, 5.41) is 0. The van der Waals surface area contributed by atoms with Crippen LogP contribution in [-0.2, 0) is 0 Å². The number of allylic oxidation sites excluding steroid dienone is 2. The fraction of sp³-hybridized carbons (Fsp3) is 0.500. The van der Waals surface area contributed by atoms with Crippen LogP contribution in [0.3, 0.4) is 0 Å². The number of rotatable bonds is 1. The molecule has 0 bridgehead atoms. The molecule has 0 fully saturated rings. The van der Waals surface area contributed by atoms with Crippen LogP contribution in [0.4, 0.5) is 0 Å².